The number of hydrogen-bond acceptors (Lipinski definition) is 6. The minimum absolute atomic E-state index is 0.0643. The summed E-state index contributed by atoms with van der Waals surface area (Å²) in [5.74, 6) is -2.34. The quantitative estimate of drug-likeness (QED) is 0.0277. The number of nitrogens with one attached hydrogen (secondary N) is 2. The Morgan fingerprint density at radius 3 is 1.56 bits per heavy atom. The van der Waals surface area contributed by atoms with Gasteiger partial charge in [0.2, 0.25) is 11.8 Å². The van der Waals surface area contributed by atoms with Gasteiger partial charge in [0.1, 0.15) is 12.1 Å². The molecule has 0 aromatic heterocycles. The number of allylic oxidation sites excluding steroid dienone is 8. The molecule has 2 amide bonds. The van der Waals surface area contributed by atoms with Gasteiger partial charge in [-0.15, -0.1) is 0 Å². The summed E-state index contributed by atoms with van der Waals surface area (Å²) < 4.78 is 6.00. The molecule has 0 heterocycles. The molecule has 2 atom stereocenters. The molecule has 316 valence electrons. The van der Waals surface area contributed by atoms with Crippen molar-refractivity contribution in [3.63, 3.8) is 0 Å². The Morgan fingerprint density at radius 2 is 1.00 bits per heavy atom. The lowest BCUT2D eigenvalue weighted by molar-refractivity contribution is -0.150. The number of amides is 2. The van der Waals surface area contributed by atoms with Gasteiger partial charge >= 0.3 is 11.9 Å². The second-order valence-corrected chi connectivity index (χ2v) is 14.8. The number of aliphatic carboxylic acids is 1. The molecule has 0 radical (unpaired) electrons. The number of carbonyl (C=O) groups excluding carboxylic acids is 3. The summed E-state index contributed by atoms with van der Waals surface area (Å²) in [6.07, 6.45) is 47.0. The van der Waals surface area contributed by atoms with Crippen molar-refractivity contribution in [3.8, 4) is 0 Å². The van der Waals surface area contributed by atoms with Gasteiger partial charge in [0.25, 0.3) is 0 Å². The Balaban J connectivity index is 4.37. The Labute approximate surface area is 335 Å². The first-order valence-electron chi connectivity index (χ1n) is 22.0. The molecule has 2 unspecified atom stereocenters. The van der Waals surface area contributed by atoms with E-state index < -0.39 is 24.5 Å². The van der Waals surface area contributed by atoms with E-state index in [-0.39, 0.29) is 30.9 Å². The van der Waals surface area contributed by atoms with Crippen LogP contribution in [-0.2, 0) is 23.9 Å². The maximum absolute atomic E-state index is 12.8. The fourth-order valence-corrected chi connectivity index (χ4v) is 6.13. The van der Waals surface area contributed by atoms with Crippen LogP contribution < -0.4 is 10.6 Å². The summed E-state index contributed by atoms with van der Waals surface area (Å²) in [6, 6.07) is -1.39. The fraction of sp³-hybridized carbons (Fsp3) is 0.739. The summed E-state index contributed by atoms with van der Waals surface area (Å²) in [5.41, 5.74) is 0. The van der Waals surface area contributed by atoms with Crippen molar-refractivity contribution < 1.29 is 34.1 Å². The van der Waals surface area contributed by atoms with Crippen LogP contribution in [0.3, 0.4) is 0 Å². The van der Waals surface area contributed by atoms with E-state index in [1.807, 2.05) is 0 Å². The lowest BCUT2D eigenvalue weighted by Gasteiger charge is -2.18. The largest absolute Gasteiger partial charge is 0.480 e. The zero-order valence-corrected chi connectivity index (χ0v) is 34.9. The van der Waals surface area contributed by atoms with Crippen LogP contribution in [0.25, 0.3) is 0 Å². The average Bonchev–Trinajstić information content (AvgIpc) is 3.17. The predicted octanol–water partition coefficient (Wildman–Crippen LogP) is 10.8. The fourth-order valence-electron chi connectivity index (χ4n) is 6.13. The highest BCUT2D eigenvalue weighted by Crippen LogP contribution is 2.17. The summed E-state index contributed by atoms with van der Waals surface area (Å²) >= 11 is 0. The molecule has 0 aliphatic heterocycles. The Kier molecular flexibility index (Phi) is 38.1. The van der Waals surface area contributed by atoms with E-state index >= 15 is 0 Å². The number of hydrogen-bond donors (Lipinski definition) is 4. The average molecular weight is 773 g/mol. The monoisotopic (exact) mass is 773 g/mol. The molecule has 0 aliphatic rings. The molecule has 55 heavy (non-hydrogen) atoms. The number of carboxylic acids is 1. The highest BCUT2D eigenvalue weighted by atomic mass is 16.5. The Bertz CT molecular complexity index is 1070. The van der Waals surface area contributed by atoms with Gasteiger partial charge in [-0.05, 0) is 96.3 Å². The second kappa shape index (κ2) is 40.5. The van der Waals surface area contributed by atoms with Crippen molar-refractivity contribution in [2.45, 2.75) is 206 Å². The molecule has 0 aliphatic carbocycles. The molecule has 0 aromatic rings. The van der Waals surface area contributed by atoms with Gasteiger partial charge in [-0.25, -0.2) is 4.79 Å². The number of carboxylic acid groups (broad SMARTS) is 1. The van der Waals surface area contributed by atoms with Crippen molar-refractivity contribution in [2.75, 3.05) is 13.2 Å². The van der Waals surface area contributed by atoms with Crippen LogP contribution in [-0.4, -0.2) is 59.3 Å². The third kappa shape index (κ3) is 37.5. The normalized spacial score (nSPS) is 12.9. The summed E-state index contributed by atoms with van der Waals surface area (Å²) in [7, 11) is 0. The predicted molar refractivity (Wildman–Crippen MR) is 227 cm³/mol. The first-order valence-corrected chi connectivity index (χ1v) is 22.0. The number of esters is 1. The van der Waals surface area contributed by atoms with Crippen LogP contribution in [0.4, 0.5) is 0 Å². The summed E-state index contributed by atoms with van der Waals surface area (Å²) in [6.45, 7) is 3.42. The van der Waals surface area contributed by atoms with Gasteiger partial charge in [-0.1, -0.05) is 133 Å². The van der Waals surface area contributed by atoms with Gasteiger partial charge in [-0.2, -0.15) is 0 Å². The molecule has 0 spiro atoms. The van der Waals surface area contributed by atoms with Gasteiger partial charge in [0.15, 0.2) is 0 Å². The van der Waals surface area contributed by atoms with E-state index in [0.717, 1.165) is 96.3 Å². The maximum atomic E-state index is 12.8. The topological polar surface area (TPSA) is 142 Å². The molecule has 9 heteroatoms. The second-order valence-electron chi connectivity index (χ2n) is 14.8. The first-order chi connectivity index (χ1) is 26.8. The van der Waals surface area contributed by atoms with E-state index in [2.05, 4.69) is 73.1 Å². The number of rotatable bonds is 39. The van der Waals surface area contributed by atoms with Crippen LogP contribution in [0, 0.1) is 0 Å². The van der Waals surface area contributed by atoms with Gasteiger partial charge < -0.3 is 25.6 Å². The van der Waals surface area contributed by atoms with E-state index in [0.29, 0.717) is 12.8 Å². The van der Waals surface area contributed by atoms with Crippen molar-refractivity contribution in [1.29, 1.82) is 0 Å². The SMILES string of the molecule is CCCCC/C=C\C/C=C\CCCC(CCCCCCCC(=O)NCC(=O)NC(CO)C(=O)O)OC(=O)CCCCCCC/C=C\C/C=C\CCCCCC. The smallest absolute Gasteiger partial charge is 0.328 e. The lowest BCUT2D eigenvalue weighted by Crippen LogP contribution is -2.47. The number of aliphatic hydroxyl groups excluding tert-OH is 1. The maximum Gasteiger partial charge on any atom is 0.328 e. The third-order valence-corrected chi connectivity index (χ3v) is 9.55. The Morgan fingerprint density at radius 1 is 0.545 bits per heavy atom. The Hall–Kier alpha value is -3.20. The van der Waals surface area contributed by atoms with Crippen molar-refractivity contribution in [1.82, 2.24) is 10.6 Å². The molecular formula is C46H80N2O7. The third-order valence-electron chi connectivity index (χ3n) is 9.55. The molecule has 0 aromatic carbocycles. The molecule has 0 saturated heterocycles. The molecular weight excluding hydrogens is 693 g/mol. The highest BCUT2D eigenvalue weighted by molar-refractivity contribution is 5.87. The first kappa shape index (κ1) is 51.8. The minimum atomic E-state index is -1.39. The summed E-state index contributed by atoms with van der Waals surface area (Å²) in [4.78, 5) is 47.6. The van der Waals surface area contributed by atoms with Crippen LogP contribution in [0.5, 0.6) is 0 Å². The zero-order valence-electron chi connectivity index (χ0n) is 34.9. The number of aliphatic hydroxyl groups is 1. The van der Waals surface area contributed by atoms with E-state index in [1.165, 1.54) is 64.2 Å². The molecule has 9 nitrogen and oxygen atoms in total. The summed E-state index contributed by atoms with van der Waals surface area (Å²) in [5, 5.41) is 22.5. The van der Waals surface area contributed by atoms with Crippen molar-refractivity contribution in [2.24, 2.45) is 0 Å². The molecule has 4 N–H and O–H groups in total. The number of carbonyl (C=O) groups is 4. The number of ether oxygens (including phenoxy) is 1. The van der Waals surface area contributed by atoms with E-state index in [9.17, 15) is 19.2 Å². The van der Waals surface area contributed by atoms with Crippen LogP contribution in [0.1, 0.15) is 194 Å². The standard InChI is InChI=1S/C46H80N2O7/c1-3-5-7-9-11-13-15-16-17-18-19-21-23-25-30-34-38-45(52)55-41(35-31-27-24-22-20-14-12-10-8-6-4-2)36-32-28-26-29-33-37-43(50)47-39-44(51)48-42(40-49)46(53)54/h12-15,17-18,22,24,41-42,49H,3-11,16,19-21,23,25-40H2,1-2H3,(H,47,50)(H,48,51)(H,53,54)/b14-12-,15-13-,18-17-,24-22-. The molecule has 0 fully saturated rings. The van der Waals surface area contributed by atoms with Gasteiger partial charge in [0, 0.05) is 12.8 Å². The number of unbranched alkanes of at least 4 members (excludes halogenated alkanes) is 17. The van der Waals surface area contributed by atoms with Crippen molar-refractivity contribution >= 4 is 23.8 Å². The zero-order chi connectivity index (χ0) is 40.5. The van der Waals surface area contributed by atoms with E-state index in [1.54, 1.807) is 0 Å². The lowest BCUT2D eigenvalue weighted by atomic mass is 10.0. The molecule has 0 bridgehead atoms. The van der Waals surface area contributed by atoms with Gasteiger partial charge in [-0.3, -0.25) is 14.4 Å². The van der Waals surface area contributed by atoms with Gasteiger partial charge in [0.05, 0.1) is 13.2 Å². The molecule has 0 saturated carbocycles. The van der Waals surface area contributed by atoms with Crippen LogP contribution in [0.2, 0.25) is 0 Å². The van der Waals surface area contributed by atoms with Crippen LogP contribution >= 0.6 is 0 Å². The van der Waals surface area contributed by atoms with Crippen LogP contribution in [0.15, 0.2) is 48.6 Å². The van der Waals surface area contributed by atoms with Crippen molar-refractivity contribution in [3.05, 3.63) is 48.6 Å². The molecule has 0 rings (SSSR count). The van der Waals surface area contributed by atoms with E-state index in [4.69, 9.17) is 14.9 Å². The highest BCUT2D eigenvalue weighted by Gasteiger charge is 2.19. The minimum Gasteiger partial charge on any atom is -0.480 e.